The topological polar surface area (TPSA) is 0 Å². The van der Waals surface area contributed by atoms with Gasteiger partial charge in [0.25, 0.3) is 0 Å². The molecule has 1 unspecified atom stereocenters. The molecule has 0 saturated carbocycles. The Balaban J connectivity index is -0.0000000408. The second-order valence-electron chi connectivity index (χ2n) is 1.60. The van der Waals surface area contributed by atoms with Crippen molar-refractivity contribution < 1.29 is 0 Å². The summed E-state index contributed by atoms with van der Waals surface area (Å²) in [6.07, 6.45) is 0. The molecule has 0 N–H and O–H groups in total. The van der Waals surface area contributed by atoms with Crippen molar-refractivity contribution in [3.8, 4) is 0 Å². The fraction of sp³-hybridized carbons (Fsp3) is 1.00. The van der Waals surface area contributed by atoms with Crippen LogP contribution in [0.5, 0.6) is 0 Å². The van der Waals surface area contributed by atoms with Gasteiger partial charge in [0, 0.05) is 11.8 Å². The van der Waals surface area contributed by atoms with Crippen molar-refractivity contribution >= 4 is 96.0 Å². The molecule has 0 aromatic rings. The molecule has 0 bridgehead atoms. The van der Waals surface area contributed by atoms with Crippen molar-refractivity contribution in [2.24, 2.45) is 5.92 Å². The minimum absolute atomic E-state index is 0. The van der Waals surface area contributed by atoms with Gasteiger partial charge in [-0.3, -0.25) is 0 Å². The Morgan fingerprint density at radius 2 is 1.25 bits per heavy atom. The lowest BCUT2D eigenvalue weighted by Gasteiger charge is -2.16. The Kier molecular flexibility index (Phi) is 32.5. The van der Waals surface area contributed by atoms with E-state index in [9.17, 15) is 0 Å². The molecule has 0 radical (unpaired) electrons. The van der Waals surface area contributed by atoms with Crippen molar-refractivity contribution in [3.63, 3.8) is 0 Å². The summed E-state index contributed by atoms with van der Waals surface area (Å²) in [5.74, 6) is 0.283. The summed E-state index contributed by atoms with van der Waals surface area (Å²) in [5.41, 5.74) is 0. The van der Waals surface area contributed by atoms with E-state index in [1.54, 1.807) is 6.92 Å². The van der Waals surface area contributed by atoms with Crippen molar-refractivity contribution in [3.05, 3.63) is 0 Å². The van der Waals surface area contributed by atoms with Crippen LogP contribution in [0.15, 0.2) is 0 Å². The standard InChI is InChI=1S/C4H6Cl4.4ClH/c1-3(2-5)4(6,7)8;;;;/h3H,2H2,1H3;4*1H. The number of halogens is 8. The van der Waals surface area contributed by atoms with E-state index in [0.717, 1.165) is 0 Å². The van der Waals surface area contributed by atoms with Gasteiger partial charge in [-0.2, -0.15) is 0 Å². The average molecular weight is 342 g/mol. The van der Waals surface area contributed by atoms with E-state index in [-0.39, 0.29) is 55.5 Å². The van der Waals surface area contributed by atoms with Gasteiger partial charge in [0.1, 0.15) is 0 Å². The lowest BCUT2D eigenvalue weighted by molar-refractivity contribution is 0.678. The Bertz CT molecular complexity index is 67.9. The Morgan fingerprint density at radius 3 is 1.25 bits per heavy atom. The fourth-order valence-electron chi connectivity index (χ4n) is 0.0875. The van der Waals surface area contributed by atoms with Crippen LogP contribution < -0.4 is 0 Å². The second-order valence-corrected chi connectivity index (χ2v) is 4.27. The number of hydrogen-bond acceptors (Lipinski definition) is 0. The quantitative estimate of drug-likeness (QED) is 0.594. The first kappa shape index (κ1) is 29.2. The molecule has 12 heavy (non-hydrogen) atoms. The molecule has 0 aromatic heterocycles. The maximum atomic E-state index is 5.43. The maximum Gasteiger partial charge on any atom is 0.194 e. The van der Waals surface area contributed by atoms with Gasteiger partial charge >= 0.3 is 0 Å². The van der Waals surface area contributed by atoms with E-state index in [4.69, 9.17) is 46.4 Å². The van der Waals surface area contributed by atoms with Crippen LogP contribution in [-0.4, -0.2) is 9.67 Å². The SMILES string of the molecule is CC(CCl)C(Cl)(Cl)Cl.Cl.Cl.Cl.Cl. The van der Waals surface area contributed by atoms with Gasteiger partial charge in [-0.05, 0) is 0 Å². The van der Waals surface area contributed by atoms with E-state index in [1.165, 1.54) is 0 Å². The Labute approximate surface area is 118 Å². The molecule has 0 amide bonds. The Hall–Kier alpha value is 2.32. The zero-order chi connectivity index (χ0) is 6.78. The van der Waals surface area contributed by atoms with Crippen molar-refractivity contribution in [1.82, 2.24) is 0 Å². The van der Waals surface area contributed by atoms with Crippen LogP contribution in [0.3, 0.4) is 0 Å². The molecule has 0 nitrogen and oxygen atoms in total. The van der Waals surface area contributed by atoms with Gasteiger partial charge < -0.3 is 0 Å². The van der Waals surface area contributed by atoms with Gasteiger partial charge in [0.2, 0.25) is 0 Å². The molecule has 0 saturated heterocycles. The molecule has 0 aliphatic carbocycles. The van der Waals surface area contributed by atoms with Crippen LogP contribution in [0.25, 0.3) is 0 Å². The number of alkyl halides is 4. The van der Waals surface area contributed by atoms with Crippen LogP contribution >= 0.6 is 96.0 Å². The summed E-state index contributed by atoms with van der Waals surface area (Å²) < 4.78 is -1.21. The highest BCUT2D eigenvalue weighted by Gasteiger charge is 2.27. The first-order chi connectivity index (χ1) is 3.48. The van der Waals surface area contributed by atoms with Gasteiger partial charge in [0.05, 0.1) is 0 Å². The molecular weight excluding hydrogens is 332 g/mol. The molecular formula is C4H10Cl8. The zero-order valence-electron chi connectivity index (χ0n) is 5.93. The molecule has 0 aliphatic rings. The molecule has 0 spiro atoms. The van der Waals surface area contributed by atoms with E-state index >= 15 is 0 Å². The van der Waals surface area contributed by atoms with Crippen molar-refractivity contribution in [2.45, 2.75) is 10.7 Å². The second kappa shape index (κ2) is 13.3. The summed E-state index contributed by atoms with van der Waals surface area (Å²) in [5, 5.41) is 0. The molecule has 0 aromatic carbocycles. The van der Waals surface area contributed by atoms with Crippen LogP contribution in [0.1, 0.15) is 6.92 Å². The van der Waals surface area contributed by atoms with Crippen molar-refractivity contribution in [1.29, 1.82) is 0 Å². The summed E-state index contributed by atoms with van der Waals surface area (Å²) in [6.45, 7) is 1.78. The van der Waals surface area contributed by atoms with Crippen LogP contribution in [0.4, 0.5) is 0 Å². The van der Waals surface area contributed by atoms with Crippen LogP contribution in [0, 0.1) is 5.92 Å². The average Bonchev–Trinajstić information content (AvgIpc) is 1.62. The smallest absolute Gasteiger partial charge is 0.147 e. The minimum atomic E-state index is -1.21. The molecule has 0 fully saturated rings. The summed E-state index contributed by atoms with van der Waals surface area (Å²) >= 11 is 21.7. The zero-order valence-corrected chi connectivity index (χ0v) is 12.2. The summed E-state index contributed by atoms with van der Waals surface area (Å²) in [6, 6.07) is 0. The van der Waals surface area contributed by atoms with E-state index in [1.807, 2.05) is 0 Å². The first-order valence-corrected chi connectivity index (χ1v) is 3.78. The number of hydrogen-bond donors (Lipinski definition) is 0. The Morgan fingerprint density at radius 1 is 1.00 bits per heavy atom. The third-order valence-electron chi connectivity index (χ3n) is 0.790. The van der Waals surface area contributed by atoms with Crippen LogP contribution in [-0.2, 0) is 0 Å². The molecule has 82 valence electrons. The predicted octanol–water partition coefficient (Wildman–Crippen LogP) is 4.92. The lowest BCUT2D eigenvalue weighted by Crippen LogP contribution is -2.16. The van der Waals surface area contributed by atoms with E-state index in [0.29, 0.717) is 5.88 Å². The lowest BCUT2D eigenvalue weighted by atomic mass is 10.3. The van der Waals surface area contributed by atoms with Crippen LogP contribution in [0.2, 0.25) is 0 Å². The highest BCUT2D eigenvalue weighted by Crippen LogP contribution is 2.34. The molecule has 1 atom stereocenters. The van der Waals surface area contributed by atoms with Crippen molar-refractivity contribution in [2.75, 3.05) is 5.88 Å². The summed E-state index contributed by atoms with van der Waals surface area (Å²) in [4.78, 5) is 0. The monoisotopic (exact) mass is 338 g/mol. The molecule has 0 rings (SSSR count). The van der Waals surface area contributed by atoms with Gasteiger partial charge in [-0.15, -0.1) is 61.2 Å². The largest absolute Gasteiger partial charge is 0.194 e. The highest BCUT2D eigenvalue weighted by atomic mass is 35.6. The minimum Gasteiger partial charge on any atom is -0.147 e. The van der Waals surface area contributed by atoms with Gasteiger partial charge in [-0.1, -0.05) is 41.7 Å². The summed E-state index contributed by atoms with van der Waals surface area (Å²) in [7, 11) is 0. The third kappa shape index (κ3) is 14.8. The normalized spacial score (nSPS) is 10.8. The highest BCUT2D eigenvalue weighted by molar-refractivity contribution is 6.67. The molecule has 0 heterocycles. The van der Waals surface area contributed by atoms with Gasteiger partial charge in [-0.25, -0.2) is 0 Å². The molecule has 0 aliphatic heterocycles. The van der Waals surface area contributed by atoms with Gasteiger partial charge in [0.15, 0.2) is 3.79 Å². The number of rotatable bonds is 1. The predicted molar refractivity (Wildman–Crippen MR) is 69.2 cm³/mol. The molecule has 8 heteroatoms. The van der Waals surface area contributed by atoms with E-state index in [2.05, 4.69) is 0 Å². The fourth-order valence-corrected chi connectivity index (χ4v) is 0.787. The maximum absolute atomic E-state index is 5.43. The first-order valence-electron chi connectivity index (χ1n) is 2.11. The third-order valence-corrected chi connectivity index (χ3v) is 2.37. The van der Waals surface area contributed by atoms with E-state index < -0.39 is 3.79 Å².